The Morgan fingerprint density at radius 1 is 1.29 bits per heavy atom. The van der Waals surface area contributed by atoms with Crippen LogP contribution in [0.15, 0.2) is 24.3 Å². The molecular weight excluding hydrogens is 328 g/mol. The number of carbonyl (C=O) groups excluding carboxylic acids is 2. The summed E-state index contributed by atoms with van der Waals surface area (Å²) >= 11 is 6.19. The number of rotatable bonds is 6. The van der Waals surface area contributed by atoms with Crippen molar-refractivity contribution in [1.29, 1.82) is 0 Å². The first-order chi connectivity index (χ1) is 11.4. The molecule has 0 unspecified atom stereocenters. The summed E-state index contributed by atoms with van der Waals surface area (Å²) in [6, 6.07) is 7.65. The van der Waals surface area contributed by atoms with E-state index in [0.29, 0.717) is 27.5 Å². The van der Waals surface area contributed by atoms with Crippen LogP contribution in [0.5, 0.6) is 0 Å². The van der Waals surface area contributed by atoms with E-state index in [2.05, 4.69) is 4.98 Å². The number of hydrogen-bond donors (Lipinski definition) is 2. The van der Waals surface area contributed by atoms with Crippen LogP contribution in [0.4, 0.5) is 0 Å². The fourth-order valence-corrected chi connectivity index (χ4v) is 3.10. The number of halogens is 1. The second-order valence-electron chi connectivity index (χ2n) is 5.79. The van der Waals surface area contributed by atoms with Gasteiger partial charge < -0.3 is 15.0 Å². The van der Waals surface area contributed by atoms with E-state index in [0.717, 1.165) is 5.56 Å². The summed E-state index contributed by atoms with van der Waals surface area (Å²) in [5.41, 5.74) is 3.14. The van der Waals surface area contributed by atoms with Crippen molar-refractivity contribution >= 4 is 23.4 Å². The number of Topliss-reactive ketones (excluding diaryl/α,β-unsaturated/α-hetero) is 1. The minimum atomic E-state index is -0.436. The summed E-state index contributed by atoms with van der Waals surface area (Å²) < 4.78 is 4.77. The number of ether oxygens (including phenoxy) is 1. The Balaban J connectivity index is 2.11. The van der Waals surface area contributed by atoms with Gasteiger partial charge in [0.05, 0.1) is 18.4 Å². The van der Waals surface area contributed by atoms with Crippen LogP contribution in [0.25, 0.3) is 0 Å². The van der Waals surface area contributed by atoms with Crippen LogP contribution < -0.4 is 5.32 Å². The number of carbonyl (C=O) groups is 2. The van der Waals surface area contributed by atoms with E-state index in [1.54, 1.807) is 13.8 Å². The first kappa shape index (κ1) is 18.2. The highest BCUT2D eigenvalue weighted by Gasteiger charge is 2.24. The van der Waals surface area contributed by atoms with Gasteiger partial charge in [0.1, 0.15) is 12.6 Å². The Morgan fingerprint density at radius 3 is 2.58 bits per heavy atom. The van der Waals surface area contributed by atoms with Gasteiger partial charge in [-0.25, -0.2) is 4.79 Å². The molecule has 128 valence electrons. The number of ketones is 1. The fraction of sp³-hybridized carbons (Fsp3) is 0.333. The molecule has 0 aliphatic carbocycles. The van der Waals surface area contributed by atoms with Crippen molar-refractivity contribution in [1.82, 2.24) is 4.98 Å². The van der Waals surface area contributed by atoms with E-state index < -0.39 is 5.97 Å². The number of nitrogens with two attached hydrogens (primary N) is 1. The Labute approximate surface area is 146 Å². The molecule has 0 saturated carbocycles. The molecule has 2 rings (SSSR count). The molecule has 0 fully saturated rings. The normalized spacial score (nSPS) is 12.0. The molecule has 0 bridgehead atoms. The number of aromatic nitrogens is 1. The average molecular weight is 350 g/mol. The minimum absolute atomic E-state index is 0.0547. The monoisotopic (exact) mass is 349 g/mol. The van der Waals surface area contributed by atoms with Crippen LogP contribution in [0.3, 0.4) is 0 Å². The van der Waals surface area contributed by atoms with Gasteiger partial charge in [0.25, 0.3) is 0 Å². The van der Waals surface area contributed by atoms with Gasteiger partial charge in [0, 0.05) is 16.3 Å². The standard InChI is InChI=1S/C18H21ClN2O3/c1-10-16(18(23)24-4)12(3)21-17(10)15(22)9-20-11(2)13-7-5-6-8-14(13)19/h5-8,11,20-21H,9H2,1-4H3/p+1/t11-/m0/s1. The molecule has 3 N–H and O–H groups in total. The van der Waals surface area contributed by atoms with Crippen LogP contribution >= 0.6 is 11.6 Å². The summed E-state index contributed by atoms with van der Waals surface area (Å²) in [5.74, 6) is -0.502. The molecule has 1 heterocycles. The Kier molecular flexibility index (Phi) is 5.80. The van der Waals surface area contributed by atoms with Crippen molar-refractivity contribution in [2.24, 2.45) is 0 Å². The number of aromatic amines is 1. The SMILES string of the molecule is COC(=O)c1c(C)[nH]c(C(=O)C[NH2+][C@@H](C)c2ccccc2Cl)c1C. The first-order valence-corrected chi connectivity index (χ1v) is 8.13. The summed E-state index contributed by atoms with van der Waals surface area (Å²) in [4.78, 5) is 27.3. The van der Waals surface area contributed by atoms with E-state index in [9.17, 15) is 9.59 Å². The highest BCUT2D eigenvalue weighted by molar-refractivity contribution is 6.31. The van der Waals surface area contributed by atoms with Gasteiger partial charge in [-0.1, -0.05) is 29.8 Å². The molecule has 0 radical (unpaired) electrons. The lowest BCUT2D eigenvalue weighted by Crippen LogP contribution is -2.86. The smallest absolute Gasteiger partial charge is 0.339 e. The maximum absolute atomic E-state index is 12.5. The van der Waals surface area contributed by atoms with Gasteiger partial charge in [0.2, 0.25) is 5.78 Å². The van der Waals surface area contributed by atoms with Gasteiger partial charge in [0.15, 0.2) is 0 Å². The zero-order valence-electron chi connectivity index (χ0n) is 14.3. The third-order valence-electron chi connectivity index (χ3n) is 4.16. The lowest BCUT2D eigenvalue weighted by atomic mass is 10.1. The van der Waals surface area contributed by atoms with Crippen LogP contribution in [0.1, 0.15) is 50.6 Å². The molecule has 5 nitrogen and oxygen atoms in total. The molecule has 6 heteroatoms. The summed E-state index contributed by atoms with van der Waals surface area (Å²) in [6.45, 7) is 5.77. The number of aryl methyl sites for hydroxylation is 1. The number of nitrogens with one attached hydrogen (secondary N) is 1. The van der Waals surface area contributed by atoms with Crippen molar-refractivity contribution in [3.8, 4) is 0 Å². The van der Waals surface area contributed by atoms with Crippen molar-refractivity contribution in [3.05, 3.63) is 57.4 Å². The van der Waals surface area contributed by atoms with E-state index >= 15 is 0 Å². The highest BCUT2D eigenvalue weighted by Crippen LogP contribution is 2.20. The molecule has 24 heavy (non-hydrogen) atoms. The lowest BCUT2D eigenvalue weighted by molar-refractivity contribution is -0.681. The zero-order chi connectivity index (χ0) is 17.9. The van der Waals surface area contributed by atoms with E-state index in [1.807, 2.05) is 36.5 Å². The molecule has 0 spiro atoms. The quantitative estimate of drug-likeness (QED) is 0.621. The predicted octanol–water partition coefficient (Wildman–Crippen LogP) is 2.58. The van der Waals surface area contributed by atoms with E-state index in [4.69, 9.17) is 16.3 Å². The first-order valence-electron chi connectivity index (χ1n) is 7.75. The molecule has 0 amide bonds. The fourth-order valence-electron chi connectivity index (χ4n) is 2.79. The third kappa shape index (κ3) is 3.68. The predicted molar refractivity (Wildman–Crippen MR) is 92.6 cm³/mol. The highest BCUT2D eigenvalue weighted by atomic mass is 35.5. The van der Waals surface area contributed by atoms with Gasteiger partial charge in [-0.2, -0.15) is 0 Å². The Bertz CT molecular complexity index is 768. The summed E-state index contributed by atoms with van der Waals surface area (Å²) in [5, 5.41) is 2.62. The second kappa shape index (κ2) is 7.64. The molecule has 0 aliphatic heterocycles. The number of esters is 1. The number of benzene rings is 1. The van der Waals surface area contributed by atoms with Crippen molar-refractivity contribution in [3.63, 3.8) is 0 Å². The van der Waals surface area contributed by atoms with Crippen LogP contribution in [0, 0.1) is 13.8 Å². The molecule has 2 aromatic rings. The van der Waals surface area contributed by atoms with E-state index in [1.165, 1.54) is 7.11 Å². The van der Waals surface area contributed by atoms with Crippen LogP contribution in [-0.2, 0) is 4.74 Å². The number of hydrogen-bond acceptors (Lipinski definition) is 3. The van der Waals surface area contributed by atoms with Crippen molar-refractivity contribution in [2.45, 2.75) is 26.8 Å². The third-order valence-corrected chi connectivity index (χ3v) is 4.50. The van der Waals surface area contributed by atoms with Gasteiger partial charge in [-0.3, -0.25) is 4.79 Å². The van der Waals surface area contributed by atoms with Crippen LogP contribution in [0.2, 0.25) is 5.02 Å². The number of methoxy groups -OCH3 is 1. The number of H-pyrrole nitrogens is 1. The van der Waals surface area contributed by atoms with Crippen LogP contribution in [-0.4, -0.2) is 30.4 Å². The Hall–Kier alpha value is -2.11. The summed E-state index contributed by atoms with van der Waals surface area (Å²) in [6.07, 6.45) is 0. The van der Waals surface area contributed by atoms with Gasteiger partial charge in [-0.05, 0) is 32.4 Å². The molecule has 0 saturated heterocycles. The topological polar surface area (TPSA) is 75.8 Å². The van der Waals surface area contributed by atoms with Crippen molar-refractivity contribution < 1.29 is 19.6 Å². The lowest BCUT2D eigenvalue weighted by Gasteiger charge is -2.12. The molecular formula is C18H22ClN2O3+. The second-order valence-corrected chi connectivity index (χ2v) is 6.20. The van der Waals surface area contributed by atoms with Crippen molar-refractivity contribution in [2.75, 3.05) is 13.7 Å². The molecule has 0 aliphatic rings. The largest absolute Gasteiger partial charge is 0.465 e. The molecule has 1 aromatic heterocycles. The van der Waals surface area contributed by atoms with E-state index in [-0.39, 0.29) is 18.4 Å². The number of quaternary nitrogens is 1. The molecule has 1 atom stereocenters. The minimum Gasteiger partial charge on any atom is -0.465 e. The zero-order valence-corrected chi connectivity index (χ0v) is 15.0. The molecule has 1 aromatic carbocycles. The summed E-state index contributed by atoms with van der Waals surface area (Å²) in [7, 11) is 1.33. The maximum Gasteiger partial charge on any atom is 0.339 e. The maximum atomic E-state index is 12.5. The van der Waals surface area contributed by atoms with Gasteiger partial charge >= 0.3 is 5.97 Å². The Morgan fingerprint density at radius 2 is 1.96 bits per heavy atom. The average Bonchev–Trinajstić information content (AvgIpc) is 2.86. The van der Waals surface area contributed by atoms with Gasteiger partial charge in [-0.15, -0.1) is 0 Å².